The van der Waals surface area contributed by atoms with Crippen LogP contribution in [0.2, 0.25) is 0 Å². The minimum Gasteiger partial charge on any atom is -0.493 e. The summed E-state index contributed by atoms with van der Waals surface area (Å²) in [4.78, 5) is 0.467. The van der Waals surface area contributed by atoms with Crippen LogP contribution in [0.15, 0.2) is 18.2 Å². The fraction of sp³-hybridized carbons (Fsp3) is 0.600. The normalized spacial score (nSPS) is 18.1. The number of alkyl halides is 1. The van der Waals surface area contributed by atoms with Gasteiger partial charge in [0, 0.05) is 4.83 Å². The lowest BCUT2D eigenvalue weighted by molar-refractivity contribution is 0.288. The van der Waals surface area contributed by atoms with Gasteiger partial charge in [-0.2, -0.15) is 0 Å². The third kappa shape index (κ3) is 3.04. The van der Waals surface area contributed by atoms with Gasteiger partial charge in [0.05, 0.1) is 6.61 Å². The summed E-state index contributed by atoms with van der Waals surface area (Å²) in [6.07, 6.45) is 4.82. The molecule has 1 aromatic carbocycles. The Balaban J connectivity index is 2.15. The van der Waals surface area contributed by atoms with Crippen LogP contribution in [0.5, 0.6) is 5.75 Å². The predicted molar refractivity (Wildman–Crippen MR) is 76.0 cm³/mol. The smallest absolute Gasteiger partial charge is 0.122 e. The Morgan fingerprint density at radius 1 is 1.41 bits per heavy atom. The molecule has 1 heterocycles. The van der Waals surface area contributed by atoms with Crippen LogP contribution in [-0.4, -0.2) is 6.61 Å². The zero-order valence-electron chi connectivity index (χ0n) is 10.7. The number of hydrogen-bond donors (Lipinski definition) is 0. The zero-order valence-corrected chi connectivity index (χ0v) is 12.3. The van der Waals surface area contributed by atoms with Crippen molar-refractivity contribution in [1.82, 2.24) is 0 Å². The van der Waals surface area contributed by atoms with E-state index in [1.807, 2.05) is 0 Å². The number of halogens is 1. The Labute approximate surface area is 113 Å². The number of fused-ring (bicyclic) bond motifs is 1. The van der Waals surface area contributed by atoms with E-state index in [0.717, 1.165) is 25.2 Å². The molecule has 2 heteroatoms. The number of aryl methyl sites for hydroxylation is 1. The van der Waals surface area contributed by atoms with E-state index >= 15 is 0 Å². The largest absolute Gasteiger partial charge is 0.493 e. The van der Waals surface area contributed by atoms with Gasteiger partial charge >= 0.3 is 0 Å². The summed E-state index contributed by atoms with van der Waals surface area (Å²) < 4.78 is 5.65. The van der Waals surface area contributed by atoms with Gasteiger partial charge in [-0.3, -0.25) is 0 Å². The van der Waals surface area contributed by atoms with E-state index in [1.54, 1.807) is 0 Å². The first-order valence-electron chi connectivity index (χ1n) is 6.62. The summed E-state index contributed by atoms with van der Waals surface area (Å²) >= 11 is 3.84. The molecule has 0 saturated carbocycles. The van der Waals surface area contributed by atoms with Crippen LogP contribution in [0.25, 0.3) is 0 Å². The van der Waals surface area contributed by atoms with E-state index in [1.165, 1.54) is 24.0 Å². The van der Waals surface area contributed by atoms with E-state index in [0.29, 0.717) is 10.7 Å². The van der Waals surface area contributed by atoms with Crippen molar-refractivity contribution >= 4 is 15.9 Å². The van der Waals surface area contributed by atoms with Crippen LogP contribution >= 0.6 is 15.9 Å². The maximum Gasteiger partial charge on any atom is 0.122 e. The second-order valence-electron chi connectivity index (χ2n) is 4.99. The molecule has 1 nitrogen and oxygen atoms in total. The monoisotopic (exact) mass is 296 g/mol. The van der Waals surface area contributed by atoms with Gasteiger partial charge in [0.15, 0.2) is 0 Å². The Kier molecular flexibility index (Phi) is 4.49. The summed E-state index contributed by atoms with van der Waals surface area (Å²) in [6.45, 7) is 5.44. The Hall–Kier alpha value is -0.500. The van der Waals surface area contributed by atoms with Crippen LogP contribution in [0.4, 0.5) is 0 Å². The maximum absolute atomic E-state index is 5.65. The Morgan fingerprint density at radius 2 is 2.24 bits per heavy atom. The molecule has 0 amide bonds. The average molecular weight is 297 g/mol. The van der Waals surface area contributed by atoms with Gasteiger partial charge in [-0.15, -0.1) is 0 Å². The third-order valence-corrected chi connectivity index (χ3v) is 4.93. The quantitative estimate of drug-likeness (QED) is 0.719. The lowest BCUT2D eigenvalue weighted by Gasteiger charge is -2.22. The average Bonchev–Trinajstić information content (AvgIpc) is 2.37. The number of hydrogen-bond acceptors (Lipinski definition) is 1. The van der Waals surface area contributed by atoms with E-state index in [4.69, 9.17) is 4.74 Å². The van der Waals surface area contributed by atoms with Crippen LogP contribution in [0, 0.1) is 5.92 Å². The maximum atomic E-state index is 5.65. The predicted octanol–water partition coefficient (Wildman–Crippen LogP) is 4.88. The minimum absolute atomic E-state index is 0.467. The first kappa shape index (κ1) is 12.9. The van der Waals surface area contributed by atoms with Crippen molar-refractivity contribution in [2.45, 2.75) is 44.4 Å². The van der Waals surface area contributed by atoms with Crippen molar-refractivity contribution in [3.05, 3.63) is 29.3 Å². The molecule has 0 bridgehead atoms. The Morgan fingerprint density at radius 3 is 3.00 bits per heavy atom. The fourth-order valence-electron chi connectivity index (χ4n) is 2.48. The van der Waals surface area contributed by atoms with E-state index in [2.05, 4.69) is 48.0 Å². The van der Waals surface area contributed by atoms with Crippen molar-refractivity contribution in [2.24, 2.45) is 5.92 Å². The first-order chi connectivity index (χ1) is 8.22. The highest BCUT2D eigenvalue weighted by Crippen LogP contribution is 2.36. The highest BCUT2D eigenvalue weighted by molar-refractivity contribution is 9.09. The first-order valence-corrected chi connectivity index (χ1v) is 7.53. The van der Waals surface area contributed by atoms with E-state index < -0.39 is 0 Å². The minimum atomic E-state index is 0.467. The molecule has 1 aliphatic rings. The van der Waals surface area contributed by atoms with Crippen LogP contribution in [0.1, 0.15) is 49.1 Å². The fourth-order valence-corrected chi connectivity index (χ4v) is 3.03. The summed E-state index contributed by atoms with van der Waals surface area (Å²) in [7, 11) is 0. The summed E-state index contributed by atoms with van der Waals surface area (Å²) in [5.41, 5.74) is 2.78. The molecule has 2 atom stereocenters. The Bertz CT molecular complexity index is 375. The van der Waals surface area contributed by atoms with E-state index in [-0.39, 0.29) is 0 Å². The lowest BCUT2D eigenvalue weighted by atomic mass is 9.94. The zero-order chi connectivity index (χ0) is 12.3. The second kappa shape index (κ2) is 5.90. The van der Waals surface area contributed by atoms with Crippen LogP contribution in [-0.2, 0) is 6.42 Å². The second-order valence-corrected chi connectivity index (χ2v) is 5.97. The van der Waals surface area contributed by atoms with Gasteiger partial charge in [-0.1, -0.05) is 48.3 Å². The SMILES string of the molecule is CCCC(C)C(Br)c1ccc2c(c1)CCCO2. The molecule has 2 unspecified atom stereocenters. The van der Waals surface area contributed by atoms with Gasteiger partial charge in [-0.25, -0.2) is 0 Å². The molecule has 0 spiro atoms. The standard InChI is InChI=1S/C15H21BrO/c1-3-5-11(2)15(16)13-7-8-14-12(10-13)6-4-9-17-14/h7-8,10-11,15H,3-6,9H2,1-2H3. The number of rotatable bonds is 4. The van der Waals surface area contributed by atoms with Gasteiger partial charge in [0.25, 0.3) is 0 Å². The third-order valence-electron chi connectivity index (χ3n) is 3.49. The number of ether oxygens (including phenoxy) is 1. The molecular formula is C15H21BrO. The highest BCUT2D eigenvalue weighted by atomic mass is 79.9. The molecule has 0 saturated heterocycles. The van der Waals surface area contributed by atoms with Crippen molar-refractivity contribution in [1.29, 1.82) is 0 Å². The van der Waals surface area contributed by atoms with Gasteiger partial charge in [0.2, 0.25) is 0 Å². The van der Waals surface area contributed by atoms with E-state index in [9.17, 15) is 0 Å². The molecule has 0 fully saturated rings. The van der Waals surface area contributed by atoms with Crippen molar-refractivity contribution < 1.29 is 4.74 Å². The molecule has 0 radical (unpaired) electrons. The molecule has 0 aromatic heterocycles. The topological polar surface area (TPSA) is 9.23 Å². The lowest BCUT2D eigenvalue weighted by Crippen LogP contribution is -2.10. The molecule has 0 aliphatic carbocycles. The molecule has 2 rings (SSSR count). The molecule has 0 N–H and O–H groups in total. The van der Waals surface area contributed by atoms with Crippen LogP contribution < -0.4 is 4.74 Å². The molecule has 17 heavy (non-hydrogen) atoms. The van der Waals surface area contributed by atoms with Crippen molar-refractivity contribution in [2.75, 3.05) is 6.61 Å². The molecule has 1 aromatic rings. The van der Waals surface area contributed by atoms with Gasteiger partial charge < -0.3 is 4.74 Å². The van der Waals surface area contributed by atoms with Gasteiger partial charge in [-0.05, 0) is 42.4 Å². The molecular weight excluding hydrogens is 276 g/mol. The highest BCUT2D eigenvalue weighted by Gasteiger charge is 2.18. The van der Waals surface area contributed by atoms with Gasteiger partial charge in [0.1, 0.15) is 5.75 Å². The van der Waals surface area contributed by atoms with Crippen molar-refractivity contribution in [3.63, 3.8) is 0 Å². The number of benzene rings is 1. The summed E-state index contributed by atoms with van der Waals surface area (Å²) in [5, 5.41) is 0. The molecule has 1 aliphatic heterocycles. The summed E-state index contributed by atoms with van der Waals surface area (Å²) in [5.74, 6) is 1.77. The molecule has 94 valence electrons. The van der Waals surface area contributed by atoms with Crippen LogP contribution in [0.3, 0.4) is 0 Å². The summed E-state index contributed by atoms with van der Waals surface area (Å²) in [6, 6.07) is 6.66. The van der Waals surface area contributed by atoms with Crippen molar-refractivity contribution in [3.8, 4) is 5.75 Å².